The largest absolute Gasteiger partial charge is 0.465 e. The Morgan fingerprint density at radius 3 is 2.31 bits per heavy atom. The average Bonchev–Trinajstić information content (AvgIpc) is 2.72. The Bertz CT molecular complexity index is 927. The van der Waals surface area contributed by atoms with Crippen LogP contribution in [-0.2, 0) is 19.1 Å². The Morgan fingerprint density at radius 1 is 1.00 bits per heavy atom. The highest BCUT2D eigenvalue weighted by Crippen LogP contribution is 2.17. The number of methoxy groups -OCH3 is 1. The van der Waals surface area contributed by atoms with Gasteiger partial charge in [0.25, 0.3) is 11.8 Å². The maximum Gasteiger partial charge on any atom is 0.337 e. The molecular formula is C20H19ClN2O6. The van der Waals surface area contributed by atoms with E-state index in [1.54, 1.807) is 31.2 Å². The lowest BCUT2D eigenvalue weighted by atomic mass is 10.1. The van der Waals surface area contributed by atoms with Gasteiger partial charge in [0.15, 0.2) is 6.61 Å². The van der Waals surface area contributed by atoms with Gasteiger partial charge in [-0.2, -0.15) is 0 Å². The molecule has 0 fully saturated rings. The molecule has 2 aromatic carbocycles. The first-order valence-corrected chi connectivity index (χ1v) is 8.86. The van der Waals surface area contributed by atoms with Gasteiger partial charge in [0.05, 0.1) is 12.7 Å². The van der Waals surface area contributed by atoms with E-state index >= 15 is 0 Å². The predicted molar refractivity (Wildman–Crippen MR) is 106 cm³/mol. The quantitative estimate of drug-likeness (QED) is 0.668. The summed E-state index contributed by atoms with van der Waals surface area (Å²) < 4.78 is 9.48. The van der Waals surface area contributed by atoms with E-state index in [4.69, 9.17) is 16.3 Å². The summed E-state index contributed by atoms with van der Waals surface area (Å²) in [6, 6.07) is 10.8. The molecule has 0 aliphatic carbocycles. The number of anilines is 1. The monoisotopic (exact) mass is 418 g/mol. The molecule has 8 nitrogen and oxygen atoms in total. The van der Waals surface area contributed by atoms with Crippen LogP contribution in [0.1, 0.15) is 26.3 Å². The molecule has 0 aliphatic rings. The Morgan fingerprint density at radius 2 is 1.66 bits per heavy atom. The molecule has 0 spiro atoms. The van der Waals surface area contributed by atoms with Crippen LogP contribution in [0, 0.1) is 6.92 Å². The number of nitrogens with one attached hydrogen (secondary N) is 2. The van der Waals surface area contributed by atoms with E-state index in [1.807, 2.05) is 0 Å². The van der Waals surface area contributed by atoms with Crippen LogP contribution < -0.4 is 10.6 Å². The van der Waals surface area contributed by atoms with Crippen LogP contribution in [-0.4, -0.2) is 44.0 Å². The normalized spacial score (nSPS) is 10.0. The summed E-state index contributed by atoms with van der Waals surface area (Å²) in [5, 5.41) is 5.43. The lowest BCUT2D eigenvalue weighted by Crippen LogP contribution is -2.32. The molecule has 0 bridgehead atoms. The highest BCUT2D eigenvalue weighted by Gasteiger charge is 2.13. The summed E-state index contributed by atoms with van der Waals surface area (Å²) in [6.45, 7) is 0.804. The van der Waals surface area contributed by atoms with E-state index in [2.05, 4.69) is 15.4 Å². The summed E-state index contributed by atoms with van der Waals surface area (Å²) in [7, 11) is 1.26. The molecule has 2 amide bonds. The SMILES string of the molecule is COC(=O)c1ccc(C)c(NC(=O)COC(=O)CNC(=O)c2ccc(Cl)cc2)c1. The molecule has 0 saturated heterocycles. The van der Waals surface area contributed by atoms with Gasteiger partial charge in [0.1, 0.15) is 6.54 Å². The smallest absolute Gasteiger partial charge is 0.337 e. The molecule has 0 atom stereocenters. The second kappa shape index (κ2) is 10.2. The van der Waals surface area contributed by atoms with Crippen LogP contribution >= 0.6 is 11.6 Å². The second-order valence-electron chi connectivity index (χ2n) is 5.92. The van der Waals surface area contributed by atoms with Crippen molar-refractivity contribution < 1.29 is 28.7 Å². The van der Waals surface area contributed by atoms with Crippen molar-refractivity contribution in [1.29, 1.82) is 0 Å². The summed E-state index contributed by atoms with van der Waals surface area (Å²) in [6.07, 6.45) is 0. The van der Waals surface area contributed by atoms with Crippen molar-refractivity contribution in [3.63, 3.8) is 0 Å². The van der Waals surface area contributed by atoms with Crippen LogP contribution in [0.2, 0.25) is 5.02 Å². The zero-order chi connectivity index (χ0) is 21.4. The van der Waals surface area contributed by atoms with E-state index < -0.39 is 36.9 Å². The van der Waals surface area contributed by atoms with Crippen molar-refractivity contribution >= 4 is 41.0 Å². The van der Waals surface area contributed by atoms with Gasteiger partial charge >= 0.3 is 11.9 Å². The Labute approximate surface area is 172 Å². The standard InChI is InChI=1S/C20H19ClN2O6/c1-12-3-4-14(20(27)28-2)9-16(12)23-17(24)11-29-18(25)10-22-19(26)13-5-7-15(21)8-6-13/h3-9H,10-11H2,1-2H3,(H,22,26)(H,23,24). The Hall–Kier alpha value is -3.39. The number of halogens is 1. The van der Waals surface area contributed by atoms with Crippen LogP contribution in [0.3, 0.4) is 0 Å². The van der Waals surface area contributed by atoms with Gasteiger partial charge < -0.3 is 20.1 Å². The average molecular weight is 419 g/mol. The number of amides is 2. The van der Waals surface area contributed by atoms with E-state index in [-0.39, 0.29) is 5.56 Å². The summed E-state index contributed by atoms with van der Waals surface area (Å²) in [5.41, 5.74) is 1.72. The molecule has 152 valence electrons. The fraction of sp³-hybridized carbons (Fsp3) is 0.200. The number of carbonyl (C=O) groups is 4. The van der Waals surface area contributed by atoms with Crippen LogP contribution in [0.5, 0.6) is 0 Å². The van der Waals surface area contributed by atoms with Crippen molar-refractivity contribution in [3.8, 4) is 0 Å². The Balaban J connectivity index is 1.81. The summed E-state index contributed by atoms with van der Waals surface area (Å²) in [5.74, 6) is -2.38. The fourth-order valence-electron chi connectivity index (χ4n) is 2.24. The van der Waals surface area contributed by atoms with Gasteiger partial charge in [-0.25, -0.2) is 4.79 Å². The second-order valence-corrected chi connectivity index (χ2v) is 6.36. The lowest BCUT2D eigenvalue weighted by molar-refractivity contribution is -0.146. The molecule has 2 N–H and O–H groups in total. The molecule has 29 heavy (non-hydrogen) atoms. The predicted octanol–water partition coefficient (Wildman–Crippen LogP) is 2.35. The van der Waals surface area contributed by atoms with E-state index in [1.165, 1.54) is 25.3 Å². The van der Waals surface area contributed by atoms with Crippen LogP contribution in [0.4, 0.5) is 5.69 Å². The lowest BCUT2D eigenvalue weighted by Gasteiger charge is -2.11. The number of benzene rings is 2. The molecule has 0 saturated carbocycles. The van der Waals surface area contributed by atoms with Crippen molar-refractivity contribution in [2.45, 2.75) is 6.92 Å². The molecule has 0 radical (unpaired) electrons. The highest BCUT2D eigenvalue weighted by molar-refractivity contribution is 6.30. The Kier molecular flexibility index (Phi) is 7.73. The molecule has 0 aromatic heterocycles. The third kappa shape index (κ3) is 6.62. The number of aryl methyl sites for hydroxylation is 1. The third-order valence-corrected chi connectivity index (χ3v) is 4.05. The van der Waals surface area contributed by atoms with Crippen molar-refractivity contribution in [3.05, 3.63) is 64.2 Å². The van der Waals surface area contributed by atoms with Crippen LogP contribution in [0.25, 0.3) is 0 Å². The van der Waals surface area contributed by atoms with Crippen molar-refractivity contribution in [2.24, 2.45) is 0 Å². The highest BCUT2D eigenvalue weighted by atomic mass is 35.5. The van der Waals surface area contributed by atoms with Gasteiger partial charge in [-0.3, -0.25) is 14.4 Å². The first-order valence-electron chi connectivity index (χ1n) is 8.48. The minimum absolute atomic E-state index is 0.273. The number of ether oxygens (including phenoxy) is 2. The van der Waals surface area contributed by atoms with E-state index in [0.717, 1.165) is 0 Å². The topological polar surface area (TPSA) is 111 Å². The third-order valence-electron chi connectivity index (χ3n) is 3.80. The molecule has 2 aromatic rings. The number of hydrogen-bond acceptors (Lipinski definition) is 6. The maximum absolute atomic E-state index is 12.0. The first kappa shape index (κ1) is 21.9. The van der Waals surface area contributed by atoms with Gasteiger partial charge in [0.2, 0.25) is 0 Å². The maximum atomic E-state index is 12.0. The molecule has 2 rings (SSSR count). The molecule has 0 unspecified atom stereocenters. The number of esters is 2. The van der Waals surface area contributed by atoms with Crippen molar-refractivity contribution in [2.75, 3.05) is 25.6 Å². The zero-order valence-corrected chi connectivity index (χ0v) is 16.5. The number of rotatable bonds is 7. The fourth-order valence-corrected chi connectivity index (χ4v) is 2.37. The van der Waals surface area contributed by atoms with Gasteiger partial charge in [-0.1, -0.05) is 17.7 Å². The van der Waals surface area contributed by atoms with E-state index in [9.17, 15) is 19.2 Å². The van der Waals surface area contributed by atoms with Gasteiger partial charge in [-0.05, 0) is 48.9 Å². The number of hydrogen-bond donors (Lipinski definition) is 2. The van der Waals surface area contributed by atoms with Gasteiger partial charge in [0, 0.05) is 16.3 Å². The summed E-state index contributed by atoms with van der Waals surface area (Å²) in [4.78, 5) is 47.2. The summed E-state index contributed by atoms with van der Waals surface area (Å²) >= 11 is 5.75. The van der Waals surface area contributed by atoms with E-state index in [0.29, 0.717) is 21.8 Å². The first-order chi connectivity index (χ1) is 13.8. The molecule has 0 heterocycles. The minimum atomic E-state index is -0.775. The minimum Gasteiger partial charge on any atom is -0.465 e. The van der Waals surface area contributed by atoms with Crippen molar-refractivity contribution in [1.82, 2.24) is 5.32 Å². The molecule has 0 aliphatic heterocycles. The zero-order valence-electron chi connectivity index (χ0n) is 15.8. The molecular weight excluding hydrogens is 400 g/mol. The van der Waals surface area contributed by atoms with Gasteiger partial charge in [-0.15, -0.1) is 0 Å². The molecule has 9 heteroatoms. The van der Waals surface area contributed by atoms with Crippen LogP contribution in [0.15, 0.2) is 42.5 Å². The number of carbonyl (C=O) groups excluding carboxylic acids is 4.